The molecule has 0 aromatic heterocycles. The second-order valence-corrected chi connectivity index (χ2v) is 6.18. The first-order chi connectivity index (χ1) is 9.13. The molecule has 0 bridgehead atoms. The third-order valence-corrected chi connectivity index (χ3v) is 3.84. The molecule has 1 rings (SSSR count). The van der Waals surface area contributed by atoms with Crippen LogP contribution in [0.3, 0.4) is 0 Å². The number of hydrogen-bond acceptors (Lipinski definition) is 3. The SMILES string of the molecule is CC(C)CC(CN)C(=O)NCCSc1ccccc1. The molecule has 19 heavy (non-hydrogen) atoms. The molecule has 1 atom stereocenters. The zero-order chi connectivity index (χ0) is 14.1. The average molecular weight is 280 g/mol. The van der Waals surface area contributed by atoms with Crippen LogP contribution in [-0.2, 0) is 4.79 Å². The summed E-state index contributed by atoms with van der Waals surface area (Å²) in [6.07, 6.45) is 0.855. The van der Waals surface area contributed by atoms with Gasteiger partial charge in [0.05, 0.1) is 5.92 Å². The first-order valence-corrected chi connectivity index (χ1v) is 7.77. The Hall–Kier alpha value is -1.00. The molecule has 106 valence electrons. The molecule has 3 N–H and O–H groups in total. The lowest BCUT2D eigenvalue weighted by Gasteiger charge is -2.16. The number of hydrogen-bond donors (Lipinski definition) is 2. The van der Waals surface area contributed by atoms with Gasteiger partial charge in [-0.05, 0) is 24.5 Å². The molecule has 0 heterocycles. The lowest BCUT2D eigenvalue weighted by atomic mass is 9.96. The third kappa shape index (κ3) is 6.64. The van der Waals surface area contributed by atoms with E-state index < -0.39 is 0 Å². The average Bonchev–Trinajstić information content (AvgIpc) is 2.41. The molecule has 1 aromatic rings. The van der Waals surface area contributed by atoms with E-state index in [-0.39, 0.29) is 11.8 Å². The van der Waals surface area contributed by atoms with Gasteiger partial charge in [0.1, 0.15) is 0 Å². The zero-order valence-corrected chi connectivity index (χ0v) is 12.6. The van der Waals surface area contributed by atoms with Gasteiger partial charge in [-0.3, -0.25) is 4.79 Å². The summed E-state index contributed by atoms with van der Waals surface area (Å²) in [5, 5.41) is 2.97. The minimum atomic E-state index is -0.0540. The van der Waals surface area contributed by atoms with Crippen LogP contribution in [0.4, 0.5) is 0 Å². The minimum absolute atomic E-state index is 0.0540. The summed E-state index contributed by atoms with van der Waals surface area (Å²) in [4.78, 5) is 13.2. The molecule has 3 nitrogen and oxygen atoms in total. The maximum Gasteiger partial charge on any atom is 0.224 e. The number of nitrogens with one attached hydrogen (secondary N) is 1. The van der Waals surface area contributed by atoms with Crippen molar-refractivity contribution in [1.29, 1.82) is 0 Å². The number of carbonyl (C=O) groups excluding carboxylic acids is 1. The van der Waals surface area contributed by atoms with Crippen molar-refractivity contribution in [2.75, 3.05) is 18.8 Å². The number of benzene rings is 1. The van der Waals surface area contributed by atoms with Gasteiger partial charge in [-0.25, -0.2) is 0 Å². The molecule has 0 saturated carbocycles. The van der Waals surface area contributed by atoms with Crippen molar-refractivity contribution in [3.63, 3.8) is 0 Å². The van der Waals surface area contributed by atoms with Crippen LogP contribution in [0.5, 0.6) is 0 Å². The van der Waals surface area contributed by atoms with E-state index in [1.807, 2.05) is 18.2 Å². The number of amides is 1. The van der Waals surface area contributed by atoms with Crippen LogP contribution in [0.2, 0.25) is 0 Å². The van der Waals surface area contributed by atoms with Crippen LogP contribution in [0.25, 0.3) is 0 Å². The summed E-state index contributed by atoms with van der Waals surface area (Å²) in [6, 6.07) is 10.2. The number of nitrogens with two attached hydrogens (primary N) is 1. The molecule has 1 amide bonds. The van der Waals surface area contributed by atoms with Crippen LogP contribution >= 0.6 is 11.8 Å². The topological polar surface area (TPSA) is 55.1 Å². The normalized spacial score (nSPS) is 12.4. The Morgan fingerprint density at radius 1 is 1.32 bits per heavy atom. The fourth-order valence-electron chi connectivity index (χ4n) is 1.88. The van der Waals surface area contributed by atoms with E-state index in [0.717, 1.165) is 12.2 Å². The quantitative estimate of drug-likeness (QED) is 0.568. The Labute approximate surface area is 120 Å². The Morgan fingerprint density at radius 3 is 2.58 bits per heavy atom. The van der Waals surface area contributed by atoms with Gasteiger partial charge in [0, 0.05) is 23.7 Å². The fourth-order valence-corrected chi connectivity index (χ4v) is 2.67. The highest BCUT2D eigenvalue weighted by atomic mass is 32.2. The van der Waals surface area contributed by atoms with E-state index in [9.17, 15) is 4.79 Å². The van der Waals surface area contributed by atoms with Crippen molar-refractivity contribution in [3.05, 3.63) is 30.3 Å². The van der Waals surface area contributed by atoms with Crippen molar-refractivity contribution in [2.24, 2.45) is 17.6 Å². The fraction of sp³-hybridized carbons (Fsp3) is 0.533. The molecule has 1 unspecified atom stereocenters. The molecule has 0 saturated heterocycles. The summed E-state index contributed by atoms with van der Waals surface area (Å²) >= 11 is 1.75. The molecule has 0 aliphatic rings. The van der Waals surface area contributed by atoms with Crippen molar-refractivity contribution in [1.82, 2.24) is 5.32 Å². The number of carbonyl (C=O) groups is 1. The smallest absolute Gasteiger partial charge is 0.224 e. The Morgan fingerprint density at radius 2 is 2.00 bits per heavy atom. The maximum absolute atomic E-state index is 11.9. The van der Waals surface area contributed by atoms with Gasteiger partial charge in [-0.15, -0.1) is 11.8 Å². The van der Waals surface area contributed by atoms with Gasteiger partial charge in [0.2, 0.25) is 5.91 Å². The first-order valence-electron chi connectivity index (χ1n) is 6.79. The standard InChI is InChI=1S/C15H24N2OS/c1-12(2)10-13(11-16)15(18)17-8-9-19-14-6-4-3-5-7-14/h3-7,12-13H,8-11,16H2,1-2H3,(H,17,18). The van der Waals surface area contributed by atoms with Gasteiger partial charge < -0.3 is 11.1 Å². The molecular weight excluding hydrogens is 256 g/mol. The third-order valence-electron chi connectivity index (χ3n) is 2.82. The number of rotatable bonds is 8. The summed E-state index contributed by atoms with van der Waals surface area (Å²) in [5.41, 5.74) is 5.65. The second-order valence-electron chi connectivity index (χ2n) is 5.01. The van der Waals surface area contributed by atoms with Gasteiger partial charge in [0.25, 0.3) is 0 Å². The summed E-state index contributed by atoms with van der Waals surface area (Å²) in [7, 11) is 0. The first kappa shape index (κ1) is 16.1. The van der Waals surface area contributed by atoms with Crippen molar-refractivity contribution in [2.45, 2.75) is 25.2 Å². The lowest BCUT2D eigenvalue weighted by Crippen LogP contribution is -2.36. The maximum atomic E-state index is 11.9. The Bertz CT molecular complexity index is 368. The van der Waals surface area contributed by atoms with Crippen LogP contribution in [0, 0.1) is 11.8 Å². The molecule has 0 radical (unpaired) electrons. The highest BCUT2D eigenvalue weighted by Crippen LogP contribution is 2.16. The van der Waals surface area contributed by atoms with E-state index in [2.05, 4.69) is 31.3 Å². The largest absolute Gasteiger partial charge is 0.355 e. The molecule has 4 heteroatoms. The van der Waals surface area contributed by atoms with Gasteiger partial charge >= 0.3 is 0 Å². The number of thioether (sulfide) groups is 1. The molecule has 0 aliphatic carbocycles. The second kappa shape index (κ2) is 8.99. The zero-order valence-electron chi connectivity index (χ0n) is 11.8. The summed E-state index contributed by atoms with van der Waals surface area (Å²) in [5.74, 6) is 1.42. The van der Waals surface area contributed by atoms with Crippen LogP contribution in [-0.4, -0.2) is 24.7 Å². The highest BCUT2D eigenvalue weighted by Gasteiger charge is 2.17. The monoisotopic (exact) mass is 280 g/mol. The molecule has 0 aliphatic heterocycles. The van der Waals surface area contributed by atoms with E-state index >= 15 is 0 Å². The van der Waals surface area contributed by atoms with Crippen molar-refractivity contribution in [3.8, 4) is 0 Å². The molecule has 1 aromatic carbocycles. The van der Waals surface area contributed by atoms with Crippen LogP contribution in [0.1, 0.15) is 20.3 Å². The lowest BCUT2D eigenvalue weighted by molar-refractivity contribution is -0.125. The van der Waals surface area contributed by atoms with E-state index in [1.54, 1.807) is 11.8 Å². The van der Waals surface area contributed by atoms with E-state index in [4.69, 9.17) is 5.73 Å². The Kier molecular flexibility index (Phi) is 7.60. The predicted molar refractivity (Wildman–Crippen MR) is 82.2 cm³/mol. The molecular formula is C15H24N2OS. The molecule has 0 fully saturated rings. The summed E-state index contributed by atoms with van der Waals surface area (Å²) in [6.45, 7) is 5.34. The molecule has 0 spiro atoms. The van der Waals surface area contributed by atoms with Crippen LogP contribution < -0.4 is 11.1 Å². The van der Waals surface area contributed by atoms with Crippen LogP contribution in [0.15, 0.2) is 35.2 Å². The van der Waals surface area contributed by atoms with Gasteiger partial charge in [-0.1, -0.05) is 32.0 Å². The minimum Gasteiger partial charge on any atom is -0.355 e. The van der Waals surface area contributed by atoms with Gasteiger partial charge in [0.15, 0.2) is 0 Å². The van der Waals surface area contributed by atoms with Gasteiger partial charge in [-0.2, -0.15) is 0 Å². The van der Waals surface area contributed by atoms with E-state index in [1.165, 1.54) is 4.90 Å². The van der Waals surface area contributed by atoms with E-state index in [0.29, 0.717) is 19.0 Å². The Balaban J connectivity index is 2.22. The summed E-state index contributed by atoms with van der Waals surface area (Å²) < 4.78 is 0. The van der Waals surface area contributed by atoms with Crippen molar-refractivity contribution < 1.29 is 4.79 Å². The predicted octanol–water partition coefficient (Wildman–Crippen LogP) is 2.52. The highest BCUT2D eigenvalue weighted by molar-refractivity contribution is 7.99. The van der Waals surface area contributed by atoms with Crippen molar-refractivity contribution >= 4 is 17.7 Å².